The van der Waals surface area contributed by atoms with Crippen LogP contribution in [0.3, 0.4) is 0 Å². The number of aliphatic hydroxyl groups is 2. The van der Waals surface area contributed by atoms with Gasteiger partial charge in [0.25, 0.3) is 0 Å². The van der Waals surface area contributed by atoms with Gasteiger partial charge in [-0.25, -0.2) is 4.57 Å². The Morgan fingerprint density at radius 2 is 0.863 bits per heavy atom. The maximum absolute atomic E-state index is 12.3. The van der Waals surface area contributed by atoms with E-state index in [0.29, 0.717) is 12.8 Å². The molecule has 0 fully saturated rings. The smallest absolute Gasteiger partial charge is 0.457 e. The molecule has 3 N–H and O–H groups in total. The molecule has 0 spiro atoms. The number of carbonyl (C=O) groups excluding carboxylic acids is 2. The second-order valence-electron chi connectivity index (χ2n) is 13.3. The van der Waals surface area contributed by atoms with E-state index < -0.39 is 58.4 Å². The zero-order chi connectivity index (χ0) is 37.7. The third-order valence-electron chi connectivity index (χ3n) is 8.32. The van der Waals surface area contributed by atoms with Crippen LogP contribution in [-0.2, 0) is 32.7 Å². The number of esters is 2. The maximum Gasteiger partial charge on any atom is 0.472 e. The molecule has 0 aromatic heterocycles. The normalized spacial score (nSPS) is 14.4. The number of phosphoric acid groups is 1. The summed E-state index contributed by atoms with van der Waals surface area (Å²) in [7, 11) is -4.64. The second-order valence-corrected chi connectivity index (χ2v) is 14.7. The van der Waals surface area contributed by atoms with E-state index >= 15 is 0 Å². The van der Waals surface area contributed by atoms with Gasteiger partial charge >= 0.3 is 19.8 Å². The zero-order valence-electron chi connectivity index (χ0n) is 32.1. The first kappa shape index (κ1) is 49.2. The molecule has 0 rings (SSSR count). The molecule has 0 saturated heterocycles. The maximum atomic E-state index is 12.3. The monoisotopic (exact) mass is 744 g/mol. The quantitative estimate of drug-likeness (QED) is 0.0243. The van der Waals surface area contributed by atoms with E-state index in [1.807, 2.05) is 0 Å². The van der Waals surface area contributed by atoms with Gasteiger partial charge < -0.3 is 24.6 Å². The summed E-state index contributed by atoms with van der Waals surface area (Å²) in [6.07, 6.45) is 35.5. The summed E-state index contributed by atoms with van der Waals surface area (Å²) in [5.74, 6) is -1.04. The molecule has 3 atom stereocenters. The van der Waals surface area contributed by atoms with Crippen LogP contribution >= 0.6 is 7.82 Å². The van der Waals surface area contributed by atoms with E-state index in [2.05, 4.69) is 50.3 Å². The molecule has 298 valence electrons. The largest absolute Gasteiger partial charge is 0.472 e. The lowest BCUT2D eigenvalue weighted by Crippen LogP contribution is -2.28. The van der Waals surface area contributed by atoms with E-state index in [0.717, 1.165) is 77.0 Å². The number of phosphoric ester groups is 1. The lowest BCUT2D eigenvalue weighted by molar-refractivity contribution is -0.153. The SMILES string of the molecule is CCCCC/C=C\CCCCCCCC(=O)OC(CO)COP(=O)(O)OCC(CO)OC(=O)CCCCCCC/C=C\C/C=C\CCCCCC. The molecule has 0 amide bonds. The summed E-state index contributed by atoms with van der Waals surface area (Å²) in [5, 5.41) is 19.1. The highest BCUT2D eigenvalue weighted by Gasteiger charge is 2.27. The minimum Gasteiger partial charge on any atom is -0.457 e. The molecule has 0 bridgehead atoms. The Balaban J connectivity index is 4.00. The molecule has 3 unspecified atom stereocenters. The standard InChI is InChI=1S/C40H73O10P/c1-3-5-7-9-11-13-15-17-18-19-20-22-24-26-28-30-32-40(44)50-38(34-42)36-48-51(45,46)47-35-37(33-41)49-39(43)31-29-27-25-23-21-16-14-12-10-8-6-4-2/h12-15,18-19,37-38,41-42H,3-11,16-17,20-36H2,1-2H3,(H,45,46)/b14-12-,15-13-,19-18-. The average molecular weight is 745 g/mol. The van der Waals surface area contributed by atoms with Crippen molar-refractivity contribution in [2.75, 3.05) is 26.4 Å². The molecule has 0 aromatic carbocycles. The summed E-state index contributed by atoms with van der Waals surface area (Å²) >= 11 is 0. The Morgan fingerprint density at radius 1 is 0.529 bits per heavy atom. The molecular weight excluding hydrogens is 671 g/mol. The van der Waals surface area contributed by atoms with Crippen LogP contribution in [0.15, 0.2) is 36.5 Å². The lowest BCUT2D eigenvalue weighted by atomic mass is 10.1. The molecule has 51 heavy (non-hydrogen) atoms. The van der Waals surface area contributed by atoms with E-state index in [1.165, 1.54) is 51.4 Å². The van der Waals surface area contributed by atoms with Crippen molar-refractivity contribution < 1.29 is 47.8 Å². The number of ether oxygens (including phenoxy) is 2. The zero-order valence-corrected chi connectivity index (χ0v) is 33.0. The van der Waals surface area contributed by atoms with Gasteiger partial charge in [-0.2, -0.15) is 0 Å². The number of rotatable bonds is 37. The summed E-state index contributed by atoms with van der Waals surface area (Å²) in [6.45, 7) is 2.12. The van der Waals surface area contributed by atoms with Gasteiger partial charge in [0.15, 0.2) is 0 Å². The number of unbranched alkanes of at least 4 members (excludes halogenated alkanes) is 17. The first-order chi connectivity index (χ1) is 24.8. The van der Waals surface area contributed by atoms with Crippen molar-refractivity contribution in [2.24, 2.45) is 0 Å². The minimum absolute atomic E-state index is 0.175. The highest BCUT2D eigenvalue weighted by Crippen LogP contribution is 2.43. The second kappa shape index (κ2) is 36.5. The van der Waals surface area contributed by atoms with Crippen LogP contribution in [0.5, 0.6) is 0 Å². The number of hydrogen-bond donors (Lipinski definition) is 3. The van der Waals surface area contributed by atoms with E-state index in [4.69, 9.17) is 18.5 Å². The Bertz CT molecular complexity index is 952. The molecule has 10 nitrogen and oxygen atoms in total. The summed E-state index contributed by atoms with van der Waals surface area (Å²) in [6, 6.07) is 0. The van der Waals surface area contributed by atoms with Gasteiger partial charge in [0.2, 0.25) is 0 Å². The average Bonchev–Trinajstić information content (AvgIpc) is 3.12. The van der Waals surface area contributed by atoms with Crippen molar-refractivity contribution in [1.29, 1.82) is 0 Å². The fraction of sp³-hybridized carbons (Fsp3) is 0.800. The van der Waals surface area contributed by atoms with Crippen LogP contribution in [0.4, 0.5) is 0 Å². The van der Waals surface area contributed by atoms with E-state index in [9.17, 15) is 29.3 Å². The van der Waals surface area contributed by atoms with Gasteiger partial charge in [0.05, 0.1) is 26.4 Å². The molecule has 0 heterocycles. The summed E-state index contributed by atoms with van der Waals surface area (Å²) in [4.78, 5) is 34.4. The molecule has 0 aliphatic rings. The van der Waals surface area contributed by atoms with Gasteiger partial charge in [-0.1, -0.05) is 121 Å². The predicted molar refractivity (Wildman–Crippen MR) is 205 cm³/mol. The number of aliphatic hydroxyl groups excluding tert-OH is 2. The van der Waals surface area contributed by atoms with Crippen molar-refractivity contribution in [3.63, 3.8) is 0 Å². The van der Waals surface area contributed by atoms with Gasteiger partial charge in [0.1, 0.15) is 12.2 Å². The summed E-state index contributed by atoms with van der Waals surface area (Å²) < 4.78 is 32.4. The van der Waals surface area contributed by atoms with Gasteiger partial charge in [0, 0.05) is 12.8 Å². The van der Waals surface area contributed by atoms with Crippen molar-refractivity contribution in [3.8, 4) is 0 Å². The predicted octanol–water partition coefficient (Wildman–Crippen LogP) is 10.00. The van der Waals surface area contributed by atoms with Crippen molar-refractivity contribution in [3.05, 3.63) is 36.5 Å². The highest BCUT2D eigenvalue weighted by molar-refractivity contribution is 7.47. The van der Waals surface area contributed by atoms with Gasteiger partial charge in [-0.3, -0.25) is 18.6 Å². The molecule has 0 aromatic rings. The molecular formula is C40H73O10P. The van der Waals surface area contributed by atoms with Gasteiger partial charge in [-0.15, -0.1) is 0 Å². The Hall–Kier alpha value is -1.81. The van der Waals surface area contributed by atoms with E-state index in [-0.39, 0.29) is 12.8 Å². The van der Waals surface area contributed by atoms with Crippen molar-refractivity contribution in [2.45, 2.75) is 180 Å². The first-order valence-electron chi connectivity index (χ1n) is 19.9. The third kappa shape index (κ3) is 35.0. The Kier molecular flexibility index (Phi) is 35.2. The van der Waals surface area contributed by atoms with Crippen LogP contribution in [0.2, 0.25) is 0 Å². The first-order valence-corrected chi connectivity index (χ1v) is 21.4. The lowest BCUT2D eigenvalue weighted by Gasteiger charge is -2.20. The molecule has 0 aliphatic heterocycles. The van der Waals surface area contributed by atoms with Crippen molar-refractivity contribution >= 4 is 19.8 Å². The van der Waals surface area contributed by atoms with Gasteiger partial charge in [-0.05, 0) is 70.6 Å². The summed E-state index contributed by atoms with van der Waals surface area (Å²) in [5.41, 5.74) is 0. The fourth-order valence-corrected chi connectivity index (χ4v) is 5.98. The molecule has 0 saturated carbocycles. The number of carbonyl (C=O) groups is 2. The van der Waals surface area contributed by atoms with Crippen LogP contribution in [-0.4, -0.2) is 65.7 Å². The highest BCUT2D eigenvalue weighted by atomic mass is 31.2. The van der Waals surface area contributed by atoms with Crippen LogP contribution in [0, 0.1) is 0 Å². The molecule has 0 radical (unpaired) electrons. The van der Waals surface area contributed by atoms with E-state index in [1.54, 1.807) is 0 Å². The van der Waals surface area contributed by atoms with Crippen LogP contribution < -0.4 is 0 Å². The molecule has 0 aliphatic carbocycles. The third-order valence-corrected chi connectivity index (χ3v) is 9.28. The number of allylic oxidation sites excluding steroid dienone is 6. The Labute approximate surface area is 310 Å². The minimum atomic E-state index is -4.64. The molecule has 11 heteroatoms. The fourth-order valence-electron chi connectivity index (χ4n) is 5.20. The van der Waals surface area contributed by atoms with Crippen LogP contribution in [0.25, 0.3) is 0 Å². The van der Waals surface area contributed by atoms with Crippen LogP contribution in [0.1, 0.15) is 168 Å². The van der Waals surface area contributed by atoms with Crippen molar-refractivity contribution in [1.82, 2.24) is 0 Å². The number of hydrogen-bond acceptors (Lipinski definition) is 9. The Morgan fingerprint density at radius 3 is 1.27 bits per heavy atom. The topological polar surface area (TPSA) is 149 Å².